The Bertz CT molecular complexity index is 3030. The number of carbonyl (C=O) groups is 1. The number of nitrogens with zero attached hydrogens (tertiary/aromatic N) is 6. The molecule has 6 aromatic rings. The van der Waals surface area contributed by atoms with Crippen LogP contribution < -0.4 is 15.5 Å². The van der Waals surface area contributed by atoms with Crippen LogP contribution in [0.3, 0.4) is 0 Å². The van der Waals surface area contributed by atoms with E-state index < -0.39 is 57.6 Å². The molecule has 314 valence electrons. The number of phenolic OH excluding ortho intramolecular Hbond substituents is 1. The molecule has 5 N–H and O–H groups in total. The quantitative estimate of drug-likeness (QED) is 0.0554. The molecule has 0 saturated carbocycles. The monoisotopic (exact) mass is 880 g/mol. The van der Waals surface area contributed by atoms with Crippen LogP contribution in [0.2, 0.25) is 0 Å². The fourth-order valence-electron chi connectivity index (χ4n) is 6.32. The van der Waals surface area contributed by atoms with Crippen molar-refractivity contribution in [1.82, 2.24) is 15.0 Å². The molecule has 5 aromatic carbocycles. The summed E-state index contributed by atoms with van der Waals surface area (Å²) in [5.74, 6) is -1.75. The molecule has 6 rings (SSSR count). The van der Waals surface area contributed by atoms with Crippen molar-refractivity contribution in [2.75, 3.05) is 40.6 Å². The molecular weight excluding hydrogens is 844 g/mol. The van der Waals surface area contributed by atoms with E-state index in [0.717, 1.165) is 12.1 Å². The molecule has 0 spiro atoms. The van der Waals surface area contributed by atoms with Crippen molar-refractivity contribution >= 4 is 86.5 Å². The lowest BCUT2D eigenvalue weighted by molar-refractivity contribution is 0.102. The van der Waals surface area contributed by atoms with Gasteiger partial charge in [0.05, 0.1) is 16.3 Å². The minimum Gasteiger partial charge on any atom is -0.505 e. The number of anilines is 3. The first-order chi connectivity index (χ1) is 28.3. The van der Waals surface area contributed by atoms with Crippen molar-refractivity contribution in [3.8, 4) is 5.75 Å². The Morgan fingerprint density at radius 2 is 1.58 bits per heavy atom. The Kier molecular flexibility index (Phi) is 12.4. The van der Waals surface area contributed by atoms with E-state index in [9.17, 15) is 48.7 Å². The fourth-order valence-corrected chi connectivity index (χ4v) is 9.07. The van der Waals surface area contributed by atoms with Crippen LogP contribution in [0.4, 0.5) is 33.3 Å². The molecule has 0 aliphatic rings. The van der Waals surface area contributed by atoms with Crippen molar-refractivity contribution in [2.45, 2.75) is 36.6 Å². The van der Waals surface area contributed by atoms with Gasteiger partial charge in [-0.25, -0.2) is 8.42 Å². The molecule has 0 radical (unpaired) electrons. The van der Waals surface area contributed by atoms with Crippen molar-refractivity contribution in [3.63, 3.8) is 0 Å². The summed E-state index contributed by atoms with van der Waals surface area (Å²) in [6.45, 7) is 3.16. The zero-order chi connectivity index (χ0) is 43.6. The van der Waals surface area contributed by atoms with E-state index in [1.54, 1.807) is 31.2 Å². The molecule has 0 saturated heterocycles. The molecular formula is C38H37FN8O10S3. The van der Waals surface area contributed by atoms with Gasteiger partial charge >= 0.3 is 6.08 Å². The lowest BCUT2D eigenvalue weighted by Gasteiger charge is -2.17. The first kappa shape index (κ1) is 43.4. The number of rotatable bonds is 15. The third-order valence-electron chi connectivity index (χ3n) is 9.16. The van der Waals surface area contributed by atoms with Gasteiger partial charge in [-0.05, 0) is 71.6 Å². The van der Waals surface area contributed by atoms with Gasteiger partial charge in [0.15, 0.2) is 15.6 Å². The van der Waals surface area contributed by atoms with E-state index in [2.05, 4.69) is 35.8 Å². The smallest absolute Gasteiger partial charge is 0.315 e. The molecule has 0 aliphatic heterocycles. The first-order valence-electron chi connectivity index (χ1n) is 17.9. The van der Waals surface area contributed by atoms with Gasteiger partial charge < -0.3 is 20.6 Å². The summed E-state index contributed by atoms with van der Waals surface area (Å²) in [5.41, 5.74) is 0.155. The van der Waals surface area contributed by atoms with E-state index in [0.29, 0.717) is 17.4 Å². The van der Waals surface area contributed by atoms with Crippen molar-refractivity contribution in [2.24, 2.45) is 10.2 Å². The molecule has 0 atom stereocenters. The number of benzene rings is 5. The summed E-state index contributed by atoms with van der Waals surface area (Å²) < 4.78 is 109. The van der Waals surface area contributed by atoms with Gasteiger partial charge in [-0.15, -0.1) is 10.2 Å². The summed E-state index contributed by atoms with van der Waals surface area (Å²) >= 11 is 0. The molecule has 1 aromatic heterocycles. The summed E-state index contributed by atoms with van der Waals surface area (Å²) in [6, 6.07) is 18.7. The van der Waals surface area contributed by atoms with Crippen LogP contribution in [-0.2, 0) is 36.6 Å². The highest BCUT2D eigenvalue weighted by Crippen LogP contribution is 2.44. The predicted octanol–water partition coefficient (Wildman–Crippen LogP) is 6.37. The average molecular weight is 881 g/mol. The molecule has 0 bridgehead atoms. The maximum atomic E-state index is 14.5. The Morgan fingerprint density at radius 3 is 2.27 bits per heavy atom. The van der Waals surface area contributed by atoms with Crippen LogP contribution in [0.15, 0.2) is 98.9 Å². The second-order valence-electron chi connectivity index (χ2n) is 13.5. The highest BCUT2D eigenvalue weighted by molar-refractivity contribution is 7.91. The van der Waals surface area contributed by atoms with E-state index in [1.807, 2.05) is 0 Å². The number of fused-ring (bicyclic) bond motifs is 2. The van der Waals surface area contributed by atoms with Crippen molar-refractivity contribution in [3.05, 3.63) is 102 Å². The van der Waals surface area contributed by atoms with Crippen LogP contribution in [-0.4, -0.2) is 85.4 Å². The van der Waals surface area contributed by atoms with Gasteiger partial charge in [-0.2, -0.15) is 36.2 Å². The Labute approximate surface area is 343 Å². The summed E-state index contributed by atoms with van der Waals surface area (Å²) in [4.78, 5) is 24.8. The van der Waals surface area contributed by atoms with Gasteiger partial charge in [-0.1, -0.05) is 49.4 Å². The number of sulfone groups is 1. The van der Waals surface area contributed by atoms with Crippen LogP contribution in [0.5, 0.6) is 5.75 Å². The number of hydrogen-bond donors (Lipinski definition) is 5. The number of carbonyl (C=O) groups excluding carboxylic acids is 1. The summed E-state index contributed by atoms with van der Waals surface area (Å²) in [7, 11) is -11.6. The molecule has 60 heavy (non-hydrogen) atoms. The number of aryl methyl sites for hydroxylation is 1. The summed E-state index contributed by atoms with van der Waals surface area (Å²) in [6.07, 6.45) is -0.677. The maximum Gasteiger partial charge on any atom is 0.315 e. The maximum absolute atomic E-state index is 14.5. The Morgan fingerprint density at radius 1 is 0.850 bits per heavy atom. The lowest BCUT2D eigenvalue weighted by atomic mass is 10.0. The zero-order valence-electron chi connectivity index (χ0n) is 32.0. The standard InChI is InChI=1S/C38H37FN8O10S3/c1-4-16-58(50,51)17-15-47(3)38-43-36(39)42-37(44-38)40-21-24-11-8-12-28-27(24)13-14-29(34(28)60(55,56)57)45-46-32-22(2)18-25-19-26(59(52,53)54)20-30(31(25)33(32)48)41-35(49)23-9-6-5-7-10-23/h5-14,18-20,48H,4,15-17,21H2,1-3H3,(H,41,49)(H,52,53,54)(H,55,56,57)(H,40,42,43,44). The Balaban J connectivity index is 1.35. The minimum absolute atomic E-state index is 0.00141. The van der Waals surface area contributed by atoms with Gasteiger partial charge in [0.1, 0.15) is 16.3 Å². The number of halogens is 1. The third-order valence-corrected chi connectivity index (χ3v) is 12.8. The second kappa shape index (κ2) is 17.2. The highest BCUT2D eigenvalue weighted by atomic mass is 32.2. The molecule has 0 unspecified atom stereocenters. The number of amides is 1. The number of hydrogen-bond acceptors (Lipinski definition) is 15. The number of aromatic hydroxyl groups is 1. The highest BCUT2D eigenvalue weighted by Gasteiger charge is 2.24. The SMILES string of the molecule is CCCS(=O)(=O)CCN(C)c1nc(F)nc(NCc2cccc3c(S(=O)(=O)O)c(N=Nc4c(C)cc5cc(S(=O)(=O)O)cc(NC(=O)c6ccccc6)c5c4O)ccc23)n1. The number of azo groups is 1. The van der Waals surface area contributed by atoms with Crippen LogP contribution in [0.1, 0.15) is 34.8 Å². The molecule has 1 heterocycles. The van der Waals surface area contributed by atoms with Gasteiger partial charge in [0.25, 0.3) is 26.1 Å². The second-order valence-corrected chi connectivity index (χ2v) is 18.6. The van der Waals surface area contributed by atoms with Gasteiger partial charge in [0.2, 0.25) is 11.9 Å². The fraction of sp³-hybridized carbons (Fsp3) is 0.211. The van der Waals surface area contributed by atoms with E-state index >= 15 is 0 Å². The van der Waals surface area contributed by atoms with E-state index in [1.165, 1.54) is 61.3 Å². The van der Waals surface area contributed by atoms with Crippen molar-refractivity contribution < 1.29 is 48.7 Å². The van der Waals surface area contributed by atoms with Crippen LogP contribution >= 0.6 is 0 Å². The minimum atomic E-state index is -5.00. The van der Waals surface area contributed by atoms with Gasteiger partial charge in [-0.3, -0.25) is 13.9 Å². The molecule has 18 nitrogen and oxygen atoms in total. The number of aromatic nitrogens is 3. The molecule has 0 fully saturated rings. The van der Waals surface area contributed by atoms with Gasteiger partial charge in [0, 0.05) is 42.2 Å². The molecule has 1 amide bonds. The van der Waals surface area contributed by atoms with E-state index in [-0.39, 0.29) is 80.8 Å². The third kappa shape index (κ3) is 9.80. The summed E-state index contributed by atoms with van der Waals surface area (Å²) in [5, 5.41) is 25.5. The topological polar surface area (TPSA) is 271 Å². The predicted molar refractivity (Wildman–Crippen MR) is 222 cm³/mol. The molecule has 0 aliphatic carbocycles. The first-order valence-corrected chi connectivity index (χ1v) is 22.6. The van der Waals surface area contributed by atoms with Crippen LogP contribution in [0, 0.1) is 13.0 Å². The lowest BCUT2D eigenvalue weighted by Crippen LogP contribution is -2.28. The van der Waals surface area contributed by atoms with E-state index in [4.69, 9.17) is 0 Å². The normalized spacial score (nSPS) is 12.3. The zero-order valence-corrected chi connectivity index (χ0v) is 34.5. The van der Waals surface area contributed by atoms with Crippen LogP contribution in [0.25, 0.3) is 21.5 Å². The number of phenols is 1. The molecule has 22 heteroatoms. The Hall–Kier alpha value is -6.20. The largest absolute Gasteiger partial charge is 0.505 e. The number of nitrogens with one attached hydrogen (secondary N) is 2. The average Bonchev–Trinajstić information content (AvgIpc) is 3.17. The van der Waals surface area contributed by atoms with Crippen molar-refractivity contribution in [1.29, 1.82) is 0 Å².